The highest BCUT2D eigenvalue weighted by Crippen LogP contribution is 2.61. The Labute approximate surface area is 180 Å². The fourth-order valence-corrected chi connectivity index (χ4v) is 6.23. The molecule has 162 valence electrons. The molecule has 1 N–H and O–H groups in total. The maximum atomic E-state index is 6.13. The Kier molecular flexibility index (Phi) is 5.38. The molecule has 30 heavy (non-hydrogen) atoms. The molecule has 0 saturated heterocycles. The third-order valence-electron chi connectivity index (χ3n) is 8.41. The molecule has 1 heterocycles. The number of nitrogens with one attached hydrogen (secondary N) is 1. The van der Waals surface area contributed by atoms with Crippen LogP contribution < -0.4 is 10.1 Å². The average molecular weight is 409 g/mol. The van der Waals surface area contributed by atoms with Crippen LogP contribution in [0.5, 0.6) is 5.75 Å². The van der Waals surface area contributed by atoms with Crippen LogP contribution in [0.4, 0.5) is 0 Å². The van der Waals surface area contributed by atoms with E-state index >= 15 is 0 Å². The van der Waals surface area contributed by atoms with Crippen molar-refractivity contribution >= 4 is 0 Å². The minimum absolute atomic E-state index is 0.378. The molecule has 6 rings (SSSR count). The van der Waals surface area contributed by atoms with Gasteiger partial charge in [-0.15, -0.1) is 0 Å². The Bertz CT molecular complexity index is 850. The van der Waals surface area contributed by atoms with Gasteiger partial charge in [-0.1, -0.05) is 27.2 Å². The molecular formula is C26H36N2O2. The molecule has 4 nitrogen and oxygen atoms in total. The summed E-state index contributed by atoms with van der Waals surface area (Å²) in [5.41, 5.74) is 2.52. The van der Waals surface area contributed by atoms with Crippen molar-refractivity contribution < 1.29 is 9.15 Å². The summed E-state index contributed by atoms with van der Waals surface area (Å²) >= 11 is 0. The molecule has 4 fully saturated rings. The summed E-state index contributed by atoms with van der Waals surface area (Å²) in [6, 6.07) is 8.80. The van der Waals surface area contributed by atoms with E-state index in [9.17, 15) is 0 Å². The van der Waals surface area contributed by atoms with Crippen molar-refractivity contribution in [2.45, 2.75) is 84.4 Å². The van der Waals surface area contributed by atoms with Gasteiger partial charge in [0, 0.05) is 18.2 Å². The van der Waals surface area contributed by atoms with Crippen LogP contribution in [0.1, 0.15) is 71.4 Å². The van der Waals surface area contributed by atoms with Crippen LogP contribution >= 0.6 is 0 Å². The van der Waals surface area contributed by atoms with Crippen molar-refractivity contribution in [3.63, 3.8) is 0 Å². The van der Waals surface area contributed by atoms with Crippen LogP contribution in [0.15, 0.2) is 34.9 Å². The summed E-state index contributed by atoms with van der Waals surface area (Å²) < 4.78 is 11.9. The molecule has 4 saturated carbocycles. The van der Waals surface area contributed by atoms with Gasteiger partial charge in [-0.05, 0) is 86.0 Å². The lowest BCUT2D eigenvalue weighted by Gasteiger charge is -2.62. The van der Waals surface area contributed by atoms with Crippen LogP contribution in [0.25, 0.3) is 11.5 Å². The van der Waals surface area contributed by atoms with Gasteiger partial charge in [0.05, 0.1) is 11.8 Å². The number of oxazole rings is 1. The van der Waals surface area contributed by atoms with E-state index in [2.05, 4.69) is 38.2 Å². The lowest BCUT2D eigenvalue weighted by atomic mass is 9.45. The molecule has 0 radical (unpaired) electrons. The predicted molar refractivity (Wildman–Crippen MR) is 119 cm³/mol. The van der Waals surface area contributed by atoms with E-state index in [0.717, 1.165) is 41.3 Å². The molecular weight excluding hydrogens is 372 g/mol. The van der Waals surface area contributed by atoms with Crippen molar-refractivity contribution in [2.24, 2.45) is 23.2 Å². The first-order chi connectivity index (χ1) is 14.5. The maximum absolute atomic E-state index is 6.13. The summed E-state index contributed by atoms with van der Waals surface area (Å²) in [6.45, 7) is 8.10. The number of fused-ring (bicyclic) bond motifs is 2. The van der Waals surface area contributed by atoms with Crippen LogP contribution in [-0.4, -0.2) is 17.1 Å². The van der Waals surface area contributed by atoms with Gasteiger partial charge in [0.15, 0.2) is 0 Å². The van der Waals surface area contributed by atoms with Crippen LogP contribution in [-0.2, 0) is 6.54 Å². The third kappa shape index (κ3) is 3.79. The predicted octanol–water partition coefficient (Wildman–Crippen LogP) is 6.21. The van der Waals surface area contributed by atoms with E-state index in [4.69, 9.17) is 14.1 Å². The Balaban J connectivity index is 1.16. The zero-order valence-corrected chi connectivity index (χ0v) is 18.7. The van der Waals surface area contributed by atoms with E-state index in [1.54, 1.807) is 6.26 Å². The van der Waals surface area contributed by atoms with E-state index in [1.165, 1.54) is 44.9 Å². The van der Waals surface area contributed by atoms with Gasteiger partial charge < -0.3 is 14.5 Å². The molecule has 4 aliphatic rings. The van der Waals surface area contributed by atoms with Crippen molar-refractivity contribution in [3.05, 3.63) is 36.2 Å². The third-order valence-corrected chi connectivity index (χ3v) is 8.41. The lowest BCUT2D eigenvalue weighted by Crippen LogP contribution is -2.59. The number of hydrogen-bond acceptors (Lipinski definition) is 4. The summed E-state index contributed by atoms with van der Waals surface area (Å²) in [7, 11) is 0. The van der Waals surface area contributed by atoms with E-state index in [1.807, 2.05) is 12.1 Å². The molecule has 0 unspecified atom stereocenters. The van der Waals surface area contributed by atoms with Gasteiger partial charge in [0.1, 0.15) is 12.0 Å². The zero-order chi connectivity index (χ0) is 20.7. The Morgan fingerprint density at radius 1 is 1.10 bits per heavy atom. The Morgan fingerprint density at radius 2 is 1.87 bits per heavy atom. The maximum Gasteiger partial charge on any atom is 0.226 e. The zero-order valence-electron chi connectivity index (χ0n) is 18.7. The van der Waals surface area contributed by atoms with Gasteiger partial charge in [-0.2, -0.15) is 0 Å². The Morgan fingerprint density at radius 3 is 2.57 bits per heavy atom. The van der Waals surface area contributed by atoms with Gasteiger partial charge >= 0.3 is 0 Å². The average Bonchev–Trinajstić information content (AvgIpc) is 3.23. The standard InChI is InChI=1S/C26H36N2O2/c1-17-23-13-19(26(23,2)3)14-24(17)27-15-20-16-29-25(28-20)18-9-11-22(12-10-18)30-21-7-5-4-6-8-21/h9-12,16-17,19,21,23-24,27H,4-8,13-15H2,1-3H3/t17-,19+,23-,24-/m1/s1. The van der Waals surface area contributed by atoms with Crippen molar-refractivity contribution in [3.8, 4) is 17.2 Å². The minimum atomic E-state index is 0.378. The molecule has 0 spiro atoms. The number of ether oxygens (including phenoxy) is 1. The summed E-state index contributed by atoms with van der Waals surface area (Å²) in [5.74, 6) is 4.10. The molecule has 0 amide bonds. The van der Waals surface area contributed by atoms with E-state index in [-0.39, 0.29) is 0 Å². The van der Waals surface area contributed by atoms with Crippen molar-refractivity contribution in [2.75, 3.05) is 0 Å². The first-order valence-corrected chi connectivity index (χ1v) is 12.0. The Hall–Kier alpha value is -1.81. The van der Waals surface area contributed by atoms with Gasteiger partial charge in [0.25, 0.3) is 0 Å². The van der Waals surface area contributed by atoms with Crippen molar-refractivity contribution in [1.82, 2.24) is 10.3 Å². The lowest BCUT2D eigenvalue weighted by molar-refractivity contribution is -0.115. The fraction of sp³-hybridized carbons (Fsp3) is 0.654. The molecule has 4 aliphatic carbocycles. The number of hydrogen-bond donors (Lipinski definition) is 1. The normalized spacial score (nSPS) is 30.6. The van der Waals surface area contributed by atoms with E-state index < -0.39 is 0 Å². The molecule has 2 aromatic rings. The molecule has 1 aromatic carbocycles. The molecule has 4 atom stereocenters. The van der Waals surface area contributed by atoms with Crippen LogP contribution in [0.3, 0.4) is 0 Å². The summed E-state index contributed by atoms with van der Waals surface area (Å²) in [5, 5.41) is 3.76. The van der Waals surface area contributed by atoms with Gasteiger partial charge in [-0.3, -0.25) is 0 Å². The summed E-state index contributed by atoms with van der Waals surface area (Å²) in [4.78, 5) is 4.72. The molecule has 2 bridgehead atoms. The van der Waals surface area contributed by atoms with Crippen LogP contribution in [0, 0.1) is 23.2 Å². The highest BCUT2D eigenvalue weighted by atomic mass is 16.5. The number of nitrogens with zero attached hydrogens (tertiary/aromatic N) is 1. The SMILES string of the molecule is C[C@@H]1[C@H]2C[C@@H](C[C@H]1NCc1coc(-c3ccc(OC4CCCCC4)cc3)n1)C2(C)C. The minimum Gasteiger partial charge on any atom is -0.490 e. The number of aromatic nitrogens is 1. The topological polar surface area (TPSA) is 47.3 Å². The van der Waals surface area contributed by atoms with Gasteiger partial charge in [-0.25, -0.2) is 4.98 Å². The second kappa shape index (κ2) is 8.03. The highest BCUT2D eigenvalue weighted by molar-refractivity contribution is 5.54. The van der Waals surface area contributed by atoms with Crippen LogP contribution in [0.2, 0.25) is 0 Å². The quantitative estimate of drug-likeness (QED) is 0.617. The molecule has 4 heteroatoms. The fourth-order valence-electron chi connectivity index (χ4n) is 6.23. The largest absolute Gasteiger partial charge is 0.490 e. The molecule has 1 aromatic heterocycles. The van der Waals surface area contributed by atoms with Crippen molar-refractivity contribution in [1.29, 1.82) is 0 Å². The summed E-state index contributed by atoms with van der Waals surface area (Å²) in [6.07, 6.45) is 11.2. The second-order valence-corrected chi connectivity index (χ2v) is 10.5. The van der Waals surface area contributed by atoms with Gasteiger partial charge in [0.2, 0.25) is 5.89 Å². The highest BCUT2D eigenvalue weighted by Gasteiger charge is 2.55. The first-order valence-electron chi connectivity index (χ1n) is 12.0. The number of benzene rings is 1. The second-order valence-electron chi connectivity index (χ2n) is 10.5. The van der Waals surface area contributed by atoms with E-state index in [0.29, 0.717) is 23.5 Å². The molecule has 0 aliphatic heterocycles. The monoisotopic (exact) mass is 408 g/mol. The first kappa shape index (κ1) is 20.1. The number of rotatable bonds is 6. The smallest absolute Gasteiger partial charge is 0.226 e.